The minimum Gasteiger partial charge on any atom is -0.393 e. The van der Waals surface area contributed by atoms with Crippen LogP contribution < -0.4 is 9.62 Å². The molecule has 1 aliphatic heterocycles. The summed E-state index contributed by atoms with van der Waals surface area (Å²) in [6.45, 7) is -0.0559. The Kier molecular flexibility index (Phi) is 4.44. The number of allylic oxidation sites excluding steroid dienone is 1. The quantitative estimate of drug-likeness (QED) is 0.389. The van der Waals surface area contributed by atoms with Crippen molar-refractivity contribution in [1.29, 1.82) is 5.26 Å². The maximum atomic E-state index is 10.1. The highest BCUT2D eigenvalue weighted by Crippen LogP contribution is 2.41. The monoisotopic (exact) mass is 349 g/mol. The molecule has 4 heteroatoms. The van der Waals surface area contributed by atoms with E-state index < -0.39 is 0 Å². The minimum atomic E-state index is -0.0559. The summed E-state index contributed by atoms with van der Waals surface area (Å²) in [4.78, 5) is 4.50. The van der Waals surface area contributed by atoms with Crippen LogP contribution in [0, 0.1) is 11.3 Å². The summed E-state index contributed by atoms with van der Waals surface area (Å²) in [5.41, 5.74) is 6.07. The maximum absolute atomic E-state index is 10.1. The molecule has 27 heavy (non-hydrogen) atoms. The number of para-hydroxylation sites is 2. The van der Waals surface area contributed by atoms with E-state index in [1.54, 1.807) is 0 Å². The maximum Gasteiger partial charge on any atom is 0.413 e. The van der Waals surface area contributed by atoms with Crippen LogP contribution >= 0.6 is 0 Å². The number of hydrogen-bond acceptors (Lipinski definition) is 3. The van der Waals surface area contributed by atoms with Gasteiger partial charge in [-0.2, -0.15) is 5.26 Å². The third-order valence-electron chi connectivity index (χ3n) is 5.16. The largest absolute Gasteiger partial charge is 0.413 e. The molecule has 3 aromatic carbocycles. The van der Waals surface area contributed by atoms with Crippen molar-refractivity contribution >= 4 is 29.4 Å². The van der Waals surface area contributed by atoms with E-state index in [1.165, 1.54) is 11.4 Å². The summed E-state index contributed by atoms with van der Waals surface area (Å²) < 4.78 is 0. The number of nitriles is 1. The second-order valence-corrected chi connectivity index (χ2v) is 6.72. The summed E-state index contributed by atoms with van der Waals surface area (Å²) in [5.74, 6) is 0. The van der Waals surface area contributed by atoms with Crippen LogP contribution in [-0.4, -0.2) is 21.1 Å². The highest BCUT2D eigenvalue weighted by Gasteiger charge is 2.41. The van der Waals surface area contributed by atoms with Crippen LogP contribution in [0.15, 0.2) is 84.9 Å². The number of benzene rings is 3. The Morgan fingerprint density at radius 3 is 1.63 bits per heavy atom. The van der Waals surface area contributed by atoms with Crippen LogP contribution in [0.3, 0.4) is 0 Å². The lowest BCUT2D eigenvalue weighted by molar-refractivity contribution is 1.31. The lowest BCUT2D eigenvalue weighted by Crippen LogP contribution is -2.46. The summed E-state index contributed by atoms with van der Waals surface area (Å²) >= 11 is 0. The smallest absolute Gasteiger partial charge is 0.393 e. The summed E-state index contributed by atoms with van der Waals surface area (Å²) in [6, 6.07) is 31.0. The van der Waals surface area contributed by atoms with Gasteiger partial charge in [-0.05, 0) is 42.8 Å². The van der Waals surface area contributed by atoms with Gasteiger partial charge in [-0.3, -0.25) is 0 Å². The Bertz CT molecular complexity index is 993. The van der Waals surface area contributed by atoms with Gasteiger partial charge < -0.3 is 9.62 Å². The Labute approximate surface area is 160 Å². The van der Waals surface area contributed by atoms with E-state index in [0.29, 0.717) is 5.57 Å². The normalized spacial score (nSPS) is 13.9. The van der Waals surface area contributed by atoms with Crippen LogP contribution in [0.4, 0.5) is 11.4 Å². The van der Waals surface area contributed by atoms with E-state index in [1.807, 2.05) is 48.5 Å². The summed E-state index contributed by atoms with van der Waals surface area (Å²) in [6.07, 6.45) is 0. The van der Waals surface area contributed by atoms with Gasteiger partial charge in [-0.15, -0.1) is 0 Å². The van der Waals surface area contributed by atoms with Crippen molar-refractivity contribution in [2.45, 2.75) is 0 Å². The van der Waals surface area contributed by atoms with Crippen LogP contribution in [0.1, 0.15) is 11.1 Å². The average Bonchev–Trinajstić information content (AvgIpc) is 2.98. The number of rotatable bonds is 3. The predicted molar refractivity (Wildman–Crippen MR) is 114 cm³/mol. The standard InChI is InChI=1S/C23H20BN3/c1-26-21-15-9-10-16-22(21)27(2)24(26)23(19-13-7-4-8-14-19)20(17-25)18-11-5-3-6-12-18/h3-16H,1-2H3/b23-20+. The van der Waals surface area contributed by atoms with Crippen LogP contribution in [0.25, 0.3) is 11.0 Å². The molecule has 0 unspecified atom stereocenters. The molecule has 4 rings (SSSR count). The zero-order valence-electron chi connectivity index (χ0n) is 15.5. The lowest BCUT2D eigenvalue weighted by atomic mass is 9.60. The predicted octanol–water partition coefficient (Wildman–Crippen LogP) is 4.73. The fraction of sp³-hybridized carbons (Fsp3) is 0.0870. The number of anilines is 2. The molecule has 130 valence electrons. The second kappa shape index (κ2) is 7.05. The average molecular weight is 349 g/mol. The van der Waals surface area contributed by atoms with E-state index in [9.17, 15) is 5.26 Å². The first-order valence-electron chi connectivity index (χ1n) is 9.02. The number of fused-ring (bicyclic) bond motifs is 1. The molecular weight excluding hydrogens is 329 g/mol. The first-order valence-corrected chi connectivity index (χ1v) is 9.02. The van der Waals surface area contributed by atoms with E-state index in [0.717, 1.165) is 16.6 Å². The molecule has 0 bridgehead atoms. The molecule has 0 N–H and O–H groups in total. The summed E-state index contributed by atoms with van der Waals surface area (Å²) in [7, 11) is 4.19. The van der Waals surface area contributed by atoms with Crippen LogP contribution in [-0.2, 0) is 0 Å². The molecule has 1 aliphatic rings. The van der Waals surface area contributed by atoms with E-state index in [-0.39, 0.29) is 6.98 Å². The molecule has 0 saturated carbocycles. The van der Waals surface area contributed by atoms with E-state index in [4.69, 9.17) is 0 Å². The third kappa shape index (κ3) is 2.88. The van der Waals surface area contributed by atoms with Crippen molar-refractivity contribution in [2.24, 2.45) is 0 Å². The molecule has 0 spiro atoms. The fourth-order valence-electron chi connectivity index (χ4n) is 3.90. The SMILES string of the molecule is CN1B(/C(=C(\C#N)c2ccccc2)c2ccccc2)N(C)c2ccccc21. The lowest BCUT2D eigenvalue weighted by Gasteiger charge is -2.27. The second-order valence-electron chi connectivity index (χ2n) is 6.72. The van der Waals surface area contributed by atoms with Gasteiger partial charge in [0.25, 0.3) is 0 Å². The molecular formula is C23H20BN3. The Morgan fingerprint density at radius 2 is 1.15 bits per heavy atom. The Balaban J connectivity index is 1.96. The topological polar surface area (TPSA) is 30.3 Å². The molecule has 3 aromatic rings. The highest BCUT2D eigenvalue weighted by molar-refractivity contribution is 6.88. The molecule has 0 radical (unpaired) electrons. The highest BCUT2D eigenvalue weighted by atomic mass is 15.3. The van der Waals surface area contributed by atoms with Gasteiger partial charge in [0.05, 0.1) is 11.6 Å². The van der Waals surface area contributed by atoms with E-state index >= 15 is 0 Å². The summed E-state index contributed by atoms with van der Waals surface area (Å²) in [5, 5.41) is 10.1. The first kappa shape index (κ1) is 17.0. The first-order chi connectivity index (χ1) is 13.2. The van der Waals surface area contributed by atoms with Gasteiger partial charge in [-0.1, -0.05) is 72.8 Å². The van der Waals surface area contributed by atoms with Crippen molar-refractivity contribution < 1.29 is 0 Å². The van der Waals surface area contributed by atoms with Crippen molar-refractivity contribution in [3.8, 4) is 6.07 Å². The molecule has 3 nitrogen and oxygen atoms in total. The molecule has 0 atom stereocenters. The van der Waals surface area contributed by atoms with Crippen molar-refractivity contribution in [3.63, 3.8) is 0 Å². The van der Waals surface area contributed by atoms with Crippen LogP contribution in [0.5, 0.6) is 0 Å². The number of hydrogen-bond donors (Lipinski definition) is 0. The van der Waals surface area contributed by atoms with Gasteiger partial charge in [0.15, 0.2) is 0 Å². The van der Waals surface area contributed by atoms with Crippen LogP contribution in [0.2, 0.25) is 0 Å². The van der Waals surface area contributed by atoms with Crippen molar-refractivity contribution in [2.75, 3.05) is 23.7 Å². The van der Waals surface area contributed by atoms with Gasteiger partial charge >= 0.3 is 6.98 Å². The zero-order valence-corrected chi connectivity index (χ0v) is 15.5. The number of nitrogens with zero attached hydrogens (tertiary/aromatic N) is 3. The molecule has 0 aliphatic carbocycles. The molecule has 0 fully saturated rings. The Morgan fingerprint density at radius 1 is 0.704 bits per heavy atom. The van der Waals surface area contributed by atoms with Gasteiger partial charge in [0.1, 0.15) is 0 Å². The van der Waals surface area contributed by atoms with Gasteiger partial charge in [-0.25, -0.2) is 0 Å². The fourth-order valence-corrected chi connectivity index (χ4v) is 3.90. The zero-order chi connectivity index (χ0) is 18.8. The van der Waals surface area contributed by atoms with Gasteiger partial charge in [0.2, 0.25) is 0 Å². The molecule has 0 aromatic heterocycles. The minimum absolute atomic E-state index is 0.0559. The Hall–Kier alpha value is -3.45. The molecule has 1 heterocycles. The van der Waals surface area contributed by atoms with Crippen molar-refractivity contribution in [1.82, 2.24) is 0 Å². The third-order valence-corrected chi connectivity index (χ3v) is 5.16. The van der Waals surface area contributed by atoms with Gasteiger partial charge in [0, 0.05) is 11.4 Å². The molecule has 0 saturated heterocycles. The molecule has 0 amide bonds. The van der Waals surface area contributed by atoms with Crippen molar-refractivity contribution in [3.05, 3.63) is 96.1 Å². The van der Waals surface area contributed by atoms with E-state index in [2.05, 4.69) is 66.2 Å².